The third kappa shape index (κ3) is 5.11. The topological polar surface area (TPSA) is 209 Å². The van der Waals surface area contributed by atoms with Crippen molar-refractivity contribution in [3.8, 4) is 17.2 Å². The molecule has 2 aromatic rings. The fourth-order valence-electron chi connectivity index (χ4n) is 7.19. The minimum absolute atomic E-state index is 0.0480. The number of methoxy groups -OCH3 is 1. The number of carbonyl (C=O) groups excluding carboxylic acids is 5. The second-order valence-electron chi connectivity index (χ2n) is 12.5. The lowest BCUT2D eigenvalue weighted by Gasteiger charge is -2.43. The van der Waals surface area contributed by atoms with E-state index in [-0.39, 0.29) is 53.3 Å². The van der Waals surface area contributed by atoms with E-state index in [1.807, 2.05) is 0 Å². The number of aromatic hydroxyl groups is 2. The Balaban J connectivity index is 1.38. The zero-order valence-corrected chi connectivity index (χ0v) is 26.2. The molecule has 250 valence electrons. The molecule has 5 N–H and O–H groups in total. The maximum atomic E-state index is 13.8. The van der Waals surface area contributed by atoms with E-state index < -0.39 is 101 Å². The minimum Gasteiger partial charge on any atom is -0.507 e. The minimum atomic E-state index is -2.09. The van der Waals surface area contributed by atoms with Gasteiger partial charge in [-0.2, -0.15) is 0 Å². The molecule has 0 saturated carbocycles. The molecule has 0 aromatic heterocycles. The van der Waals surface area contributed by atoms with E-state index in [0.29, 0.717) is 0 Å². The van der Waals surface area contributed by atoms with Crippen molar-refractivity contribution < 1.29 is 58.6 Å². The standard InChI is InChI=1S/C33H36N2O12/c1-5-35-21(37)9-18(32(35)43)34-17-10-22(46-13(2)27(17)38)47-20-12-33(44,14(3)36)11-16-24(20)31(42)26-25(29(16)40)28(39)15-7-6-8-19(45-4)23(15)30(26)41/h6-8,13,17-18,20,22,27,34,38,40,42,44H,5,9-12H2,1-4H3/t13?,17?,18?,20?,22?,27?,33-/m0/s1. The Morgan fingerprint density at radius 2 is 1.81 bits per heavy atom. The number of fused-ring (bicyclic) bond motifs is 3. The van der Waals surface area contributed by atoms with Crippen molar-refractivity contribution in [3.05, 3.63) is 51.6 Å². The Hall–Kier alpha value is -4.21. The molecule has 2 heterocycles. The number of phenolic OH excluding ortho intramolecular Hbond substituents is 2. The Morgan fingerprint density at radius 3 is 2.45 bits per heavy atom. The van der Waals surface area contributed by atoms with E-state index in [1.54, 1.807) is 13.8 Å². The van der Waals surface area contributed by atoms with Gasteiger partial charge in [-0.3, -0.25) is 34.2 Å². The fourth-order valence-corrected chi connectivity index (χ4v) is 7.19. The highest BCUT2D eigenvalue weighted by Gasteiger charge is 2.50. The van der Waals surface area contributed by atoms with Crippen molar-refractivity contribution in [2.45, 2.75) is 88.7 Å². The van der Waals surface area contributed by atoms with Gasteiger partial charge >= 0.3 is 0 Å². The van der Waals surface area contributed by atoms with E-state index in [9.17, 15) is 44.4 Å². The zero-order chi connectivity index (χ0) is 34.1. The summed E-state index contributed by atoms with van der Waals surface area (Å²) in [6.45, 7) is 4.62. The van der Waals surface area contributed by atoms with Gasteiger partial charge < -0.3 is 34.6 Å². The highest BCUT2D eigenvalue weighted by Crippen LogP contribution is 2.52. The van der Waals surface area contributed by atoms with Crippen LogP contribution in [-0.2, 0) is 30.3 Å². The second-order valence-corrected chi connectivity index (χ2v) is 12.5. The average molecular weight is 653 g/mol. The Kier molecular flexibility index (Phi) is 8.21. The van der Waals surface area contributed by atoms with Crippen LogP contribution in [0.4, 0.5) is 0 Å². The van der Waals surface area contributed by atoms with Gasteiger partial charge in [0.15, 0.2) is 17.9 Å². The summed E-state index contributed by atoms with van der Waals surface area (Å²) < 4.78 is 17.5. The van der Waals surface area contributed by atoms with Crippen LogP contribution in [0.25, 0.3) is 0 Å². The van der Waals surface area contributed by atoms with E-state index in [4.69, 9.17) is 14.2 Å². The first-order valence-corrected chi connectivity index (χ1v) is 15.4. The molecule has 0 spiro atoms. The molecule has 6 unspecified atom stereocenters. The van der Waals surface area contributed by atoms with Crippen LogP contribution in [0.5, 0.6) is 17.2 Å². The summed E-state index contributed by atoms with van der Waals surface area (Å²) in [5.74, 6) is -4.20. The lowest BCUT2D eigenvalue weighted by Crippen LogP contribution is -2.57. The number of benzene rings is 2. The number of rotatable bonds is 7. The number of carbonyl (C=O) groups is 5. The number of phenols is 2. The number of aliphatic hydroxyl groups excluding tert-OH is 1. The highest BCUT2D eigenvalue weighted by molar-refractivity contribution is 6.31. The number of likely N-dealkylation sites (N-methyl/N-ethyl adjacent to an activating group) is 1. The summed E-state index contributed by atoms with van der Waals surface area (Å²) in [4.78, 5) is 66.4. The number of ketones is 3. The van der Waals surface area contributed by atoms with Gasteiger partial charge in [-0.25, -0.2) is 0 Å². The Bertz CT molecular complexity index is 1720. The van der Waals surface area contributed by atoms with Crippen LogP contribution in [0, 0.1) is 0 Å². The molecule has 2 aliphatic heterocycles. The van der Waals surface area contributed by atoms with Crippen LogP contribution in [0.1, 0.15) is 89.1 Å². The number of likely N-dealkylation sites (tertiary alicyclic amines) is 1. The summed E-state index contributed by atoms with van der Waals surface area (Å²) in [5, 5.41) is 48.6. The predicted molar refractivity (Wildman–Crippen MR) is 160 cm³/mol. The number of ether oxygens (including phenoxy) is 3. The molecule has 7 atom stereocenters. The van der Waals surface area contributed by atoms with E-state index in [2.05, 4.69) is 5.32 Å². The van der Waals surface area contributed by atoms with Gasteiger partial charge in [-0.05, 0) is 26.8 Å². The predicted octanol–water partition coefficient (Wildman–Crippen LogP) is 0.807. The van der Waals surface area contributed by atoms with Crippen LogP contribution in [0.2, 0.25) is 0 Å². The number of Topliss-reactive ketones (excluding diaryl/α,β-unsaturated/α-hetero) is 1. The molecule has 2 saturated heterocycles. The van der Waals surface area contributed by atoms with Gasteiger partial charge in [0.05, 0.1) is 54.6 Å². The molecular formula is C33H36N2O12. The number of aliphatic hydroxyl groups is 2. The van der Waals surface area contributed by atoms with Crippen LogP contribution in [0.3, 0.4) is 0 Å². The van der Waals surface area contributed by atoms with E-state index >= 15 is 0 Å². The van der Waals surface area contributed by atoms with Crippen molar-refractivity contribution in [1.29, 1.82) is 0 Å². The van der Waals surface area contributed by atoms with Crippen molar-refractivity contribution in [2.75, 3.05) is 13.7 Å². The third-order valence-electron chi connectivity index (χ3n) is 9.73. The molecular weight excluding hydrogens is 616 g/mol. The lowest BCUT2D eigenvalue weighted by molar-refractivity contribution is -0.250. The number of nitrogens with zero attached hydrogens (tertiary/aromatic N) is 1. The van der Waals surface area contributed by atoms with Gasteiger partial charge in [0.25, 0.3) is 0 Å². The number of hydrogen-bond donors (Lipinski definition) is 5. The maximum absolute atomic E-state index is 13.8. The van der Waals surface area contributed by atoms with Gasteiger partial charge in [-0.15, -0.1) is 0 Å². The van der Waals surface area contributed by atoms with Crippen molar-refractivity contribution >= 4 is 29.2 Å². The van der Waals surface area contributed by atoms with Crippen molar-refractivity contribution in [1.82, 2.24) is 10.2 Å². The van der Waals surface area contributed by atoms with Crippen LogP contribution >= 0.6 is 0 Å². The molecule has 2 amide bonds. The van der Waals surface area contributed by atoms with Crippen molar-refractivity contribution in [3.63, 3.8) is 0 Å². The lowest BCUT2D eigenvalue weighted by atomic mass is 9.72. The average Bonchev–Trinajstić information content (AvgIpc) is 3.30. The molecule has 14 heteroatoms. The molecule has 0 radical (unpaired) electrons. The van der Waals surface area contributed by atoms with Gasteiger partial charge in [-0.1, -0.05) is 12.1 Å². The highest BCUT2D eigenvalue weighted by atomic mass is 16.7. The first-order valence-electron chi connectivity index (χ1n) is 15.4. The molecule has 14 nitrogen and oxygen atoms in total. The maximum Gasteiger partial charge on any atom is 0.246 e. The van der Waals surface area contributed by atoms with Crippen molar-refractivity contribution in [2.24, 2.45) is 0 Å². The molecule has 2 fully saturated rings. The fraction of sp³-hybridized carbons (Fsp3) is 0.485. The van der Waals surface area contributed by atoms with E-state index in [0.717, 1.165) is 11.8 Å². The summed E-state index contributed by atoms with van der Waals surface area (Å²) in [7, 11) is 1.32. The van der Waals surface area contributed by atoms with Crippen LogP contribution in [-0.4, -0.2) is 104 Å². The zero-order valence-electron chi connectivity index (χ0n) is 26.2. The smallest absolute Gasteiger partial charge is 0.246 e. The Morgan fingerprint density at radius 1 is 1.11 bits per heavy atom. The first kappa shape index (κ1) is 32.7. The number of nitrogens with one attached hydrogen (secondary N) is 1. The largest absolute Gasteiger partial charge is 0.507 e. The molecule has 47 heavy (non-hydrogen) atoms. The monoisotopic (exact) mass is 652 g/mol. The summed E-state index contributed by atoms with van der Waals surface area (Å²) >= 11 is 0. The van der Waals surface area contributed by atoms with Gasteiger partial charge in [0.1, 0.15) is 22.8 Å². The van der Waals surface area contributed by atoms with Crippen LogP contribution in [0.15, 0.2) is 18.2 Å². The van der Waals surface area contributed by atoms with Gasteiger partial charge in [0.2, 0.25) is 17.6 Å². The summed E-state index contributed by atoms with van der Waals surface area (Å²) in [5.41, 5.74) is -3.41. The van der Waals surface area contributed by atoms with Gasteiger partial charge in [0, 0.05) is 48.5 Å². The normalized spacial score (nSPS) is 30.2. The van der Waals surface area contributed by atoms with E-state index in [1.165, 1.54) is 25.3 Å². The first-order chi connectivity index (χ1) is 22.2. The number of hydrogen-bond acceptors (Lipinski definition) is 13. The molecule has 0 bridgehead atoms. The molecule has 2 aliphatic carbocycles. The Labute approximate surface area is 269 Å². The summed E-state index contributed by atoms with van der Waals surface area (Å²) in [6.07, 6.45) is -5.47. The molecule has 4 aliphatic rings. The third-order valence-corrected chi connectivity index (χ3v) is 9.73. The number of imide groups is 1. The summed E-state index contributed by atoms with van der Waals surface area (Å²) in [6, 6.07) is 2.72. The van der Waals surface area contributed by atoms with Crippen LogP contribution < -0.4 is 10.1 Å². The number of amides is 2. The molecule has 6 rings (SSSR count). The SMILES string of the molecule is CCN1C(=O)CC(NC2CC(OC3C[C@](O)(C(C)=O)Cc4c(O)c5c(c(O)c43)C(=O)c3c(OC)cccc3C5=O)OC(C)C2O)C1=O. The quantitative estimate of drug-likeness (QED) is 0.177. The molecule has 2 aromatic carbocycles. The second kappa shape index (κ2) is 11.8.